The van der Waals surface area contributed by atoms with Gasteiger partial charge in [0.05, 0.1) is 30.7 Å². The molecule has 5 nitrogen and oxygen atoms in total. The van der Waals surface area contributed by atoms with Crippen LogP contribution in [0.3, 0.4) is 0 Å². The number of methoxy groups -OCH3 is 1. The number of nitrogens with one attached hydrogen (secondary N) is 1. The topological polar surface area (TPSA) is 64.6 Å². The van der Waals surface area contributed by atoms with Crippen molar-refractivity contribution in [3.8, 4) is 5.75 Å². The molecule has 2 aromatic rings. The molecule has 6 heteroatoms. The van der Waals surface area contributed by atoms with Crippen LogP contribution in [0.5, 0.6) is 5.75 Å². The number of hydrogen-bond donors (Lipinski definition) is 1. The maximum absolute atomic E-state index is 12.0. The highest BCUT2D eigenvalue weighted by Crippen LogP contribution is 2.22. The van der Waals surface area contributed by atoms with Crippen LogP contribution < -0.4 is 10.1 Å². The number of amides is 1. The van der Waals surface area contributed by atoms with Crippen LogP contribution in [0.2, 0.25) is 5.02 Å². The minimum absolute atomic E-state index is 0.184. The zero-order chi connectivity index (χ0) is 18.4. The second kappa shape index (κ2) is 8.53. The average Bonchev–Trinajstić information content (AvgIpc) is 2.59. The predicted molar refractivity (Wildman–Crippen MR) is 97.4 cm³/mol. The molecule has 1 N–H and O–H groups in total. The molecule has 0 atom stereocenters. The Labute approximate surface area is 151 Å². The summed E-state index contributed by atoms with van der Waals surface area (Å²) in [5, 5.41) is 2.98. The van der Waals surface area contributed by atoms with Gasteiger partial charge in [0, 0.05) is 5.69 Å². The van der Waals surface area contributed by atoms with Crippen LogP contribution in [0.25, 0.3) is 0 Å². The molecule has 2 rings (SSSR count). The first-order chi connectivity index (χ1) is 11.9. The molecular formula is C19H20ClNO4. The molecule has 0 fully saturated rings. The predicted octanol–water partition coefficient (Wildman–Crippen LogP) is 4.15. The molecule has 0 spiro atoms. The van der Waals surface area contributed by atoms with Gasteiger partial charge in [0.15, 0.2) is 0 Å². The fourth-order valence-corrected chi connectivity index (χ4v) is 2.42. The number of anilines is 1. The third kappa shape index (κ3) is 4.97. The Morgan fingerprint density at radius 1 is 1.16 bits per heavy atom. The molecular weight excluding hydrogens is 342 g/mol. The van der Waals surface area contributed by atoms with Gasteiger partial charge in [0.1, 0.15) is 5.75 Å². The second-order valence-corrected chi connectivity index (χ2v) is 5.94. The van der Waals surface area contributed by atoms with Crippen molar-refractivity contribution in [2.75, 3.05) is 19.0 Å². The van der Waals surface area contributed by atoms with Crippen LogP contribution in [-0.4, -0.2) is 25.6 Å². The van der Waals surface area contributed by atoms with Crippen molar-refractivity contribution in [1.82, 2.24) is 0 Å². The molecule has 0 bridgehead atoms. The molecule has 0 saturated carbocycles. The van der Waals surface area contributed by atoms with Crippen molar-refractivity contribution in [2.24, 2.45) is 0 Å². The fourth-order valence-electron chi connectivity index (χ4n) is 2.23. The summed E-state index contributed by atoms with van der Waals surface area (Å²) in [7, 11) is 1.27. The smallest absolute Gasteiger partial charge is 0.339 e. The number of halogens is 1. The molecule has 0 aromatic heterocycles. The van der Waals surface area contributed by atoms with E-state index in [1.807, 2.05) is 32.0 Å². The van der Waals surface area contributed by atoms with E-state index >= 15 is 0 Å². The lowest BCUT2D eigenvalue weighted by Crippen LogP contribution is -2.16. The maximum Gasteiger partial charge on any atom is 0.339 e. The molecule has 2 aromatic carbocycles. The summed E-state index contributed by atoms with van der Waals surface area (Å²) >= 11 is 5.95. The number of ether oxygens (including phenoxy) is 2. The molecule has 25 heavy (non-hydrogen) atoms. The van der Waals surface area contributed by atoms with Crippen molar-refractivity contribution in [3.63, 3.8) is 0 Å². The lowest BCUT2D eigenvalue weighted by molar-refractivity contribution is -0.116. The largest absolute Gasteiger partial charge is 0.493 e. The van der Waals surface area contributed by atoms with Crippen LogP contribution in [0.15, 0.2) is 36.4 Å². The first kappa shape index (κ1) is 18.8. The summed E-state index contributed by atoms with van der Waals surface area (Å²) in [5.41, 5.74) is 2.87. The Morgan fingerprint density at radius 2 is 1.92 bits per heavy atom. The zero-order valence-corrected chi connectivity index (χ0v) is 15.1. The Balaban J connectivity index is 1.92. The zero-order valence-electron chi connectivity index (χ0n) is 14.4. The van der Waals surface area contributed by atoms with E-state index in [1.165, 1.54) is 19.2 Å². The number of rotatable bonds is 6. The van der Waals surface area contributed by atoms with Crippen molar-refractivity contribution in [2.45, 2.75) is 20.3 Å². The van der Waals surface area contributed by atoms with E-state index in [9.17, 15) is 9.59 Å². The SMILES string of the molecule is COC(=O)c1cc(NC(=O)CCOc2cccc(C)c2C)ccc1Cl. The van der Waals surface area contributed by atoms with E-state index in [-0.39, 0.29) is 29.5 Å². The van der Waals surface area contributed by atoms with E-state index in [4.69, 9.17) is 16.3 Å². The molecule has 0 radical (unpaired) electrons. The second-order valence-electron chi connectivity index (χ2n) is 5.53. The standard InChI is InChI=1S/C19H20ClNO4/c1-12-5-4-6-17(13(12)2)25-10-9-18(22)21-14-7-8-16(20)15(11-14)19(23)24-3/h4-8,11H,9-10H2,1-3H3,(H,21,22). The number of carbonyl (C=O) groups excluding carboxylic acids is 2. The van der Waals surface area contributed by atoms with E-state index in [2.05, 4.69) is 10.1 Å². The number of carbonyl (C=O) groups is 2. The quantitative estimate of drug-likeness (QED) is 0.785. The summed E-state index contributed by atoms with van der Waals surface area (Å²) in [5.74, 6) is -0.00457. The maximum atomic E-state index is 12.0. The molecule has 132 valence electrons. The van der Waals surface area contributed by atoms with Gasteiger partial charge in [-0.3, -0.25) is 4.79 Å². The average molecular weight is 362 g/mol. The summed E-state index contributed by atoms with van der Waals surface area (Å²) in [6.45, 7) is 4.24. The van der Waals surface area contributed by atoms with Crippen LogP contribution in [0, 0.1) is 13.8 Å². The molecule has 0 aliphatic heterocycles. The van der Waals surface area contributed by atoms with Gasteiger partial charge in [-0.05, 0) is 49.2 Å². The van der Waals surface area contributed by atoms with Crippen LogP contribution >= 0.6 is 11.6 Å². The highest BCUT2D eigenvalue weighted by atomic mass is 35.5. The Morgan fingerprint density at radius 3 is 2.64 bits per heavy atom. The molecule has 0 aliphatic carbocycles. The summed E-state index contributed by atoms with van der Waals surface area (Å²) in [6, 6.07) is 10.4. The molecule has 0 aliphatic rings. The molecule has 0 saturated heterocycles. The molecule has 0 unspecified atom stereocenters. The van der Waals surface area contributed by atoms with Crippen LogP contribution in [0.4, 0.5) is 5.69 Å². The third-order valence-corrected chi connectivity index (χ3v) is 4.13. The van der Waals surface area contributed by atoms with E-state index in [1.54, 1.807) is 6.07 Å². The van der Waals surface area contributed by atoms with Crippen molar-refractivity contribution >= 4 is 29.2 Å². The normalized spacial score (nSPS) is 10.2. The van der Waals surface area contributed by atoms with Crippen molar-refractivity contribution < 1.29 is 19.1 Å². The van der Waals surface area contributed by atoms with Crippen LogP contribution in [0.1, 0.15) is 27.9 Å². The van der Waals surface area contributed by atoms with Gasteiger partial charge < -0.3 is 14.8 Å². The summed E-state index contributed by atoms with van der Waals surface area (Å²) in [4.78, 5) is 23.7. The van der Waals surface area contributed by atoms with Crippen molar-refractivity contribution in [1.29, 1.82) is 0 Å². The third-order valence-electron chi connectivity index (χ3n) is 3.80. The van der Waals surface area contributed by atoms with Gasteiger partial charge in [0.25, 0.3) is 0 Å². The van der Waals surface area contributed by atoms with E-state index in [0.29, 0.717) is 5.69 Å². The Kier molecular flexibility index (Phi) is 6.42. The number of aryl methyl sites for hydroxylation is 1. The number of esters is 1. The molecule has 0 heterocycles. The first-order valence-corrected chi connectivity index (χ1v) is 8.17. The highest BCUT2D eigenvalue weighted by Gasteiger charge is 2.12. The summed E-state index contributed by atoms with van der Waals surface area (Å²) < 4.78 is 10.3. The van der Waals surface area contributed by atoms with Gasteiger partial charge in [-0.15, -0.1) is 0 Å². The first-order valence-electron chi connectivity index (χ1n) is 7.79. The molecule has 1 amide bonds. The summed E-state index contributed by atoms with van der Waals surface area (Å²) in [6.07, 6.45) is 0.184. The monoisotopic (exact) mass is 361 g/mol. The lowest BCUT2D eigenvalue weighted by Gasteiger charge is -2.11. The fraction of sp³-hybridized carbons (Fsp3) is 0.263. The highest BCUT2D eigenvalue weighted by molar-refractivity contribution is 6.33. The number of hydrogen-bond acceptors (Lipinski definition) is 4. The minimum atomic E-state index is -0.556. The van der Waals surface area contributed by atoms with Gasteiger partial charge in [-0.2, -0.15) is 0 Å². The Bertz CT molecular complexity index is 789. The van der Waals surface area contributed by atoms with Gasteiger partial charge in [-0.1, -0.05) is 23.7 Å². The van der Waals surface area contributed by atoms with Crippen LogP contribution in [-0.2, 0) is 9.53 Å². The van der Waals surface area contributed by atoms with Gasteiger partial charge in [0.2, 0.25) is 5.91 Å². The van der Waals surface area contributed by atoms with Gasteiger partial charge >= 0.3 is 5.97 Å². The van der Waals surface area contributed by atoms with Gasteiger partial charge in [-0.25, -0.2) is 4.79 Å². The lowest BCUT2D eigenvalue weighted by atomic mass is 10.1. The van der Waals surface area contributed by atoms with Crippen molar-refractivity contribution in [3.05, 3.63) is 58.1 Å². The van der Waals surface area contributed by atoms with E-state index < -0.39 is 5.97 Å². The van der Waals surface area contributed by atoms with E-state index in [0.717, 1.165) is 16.9 Å². The number of benzene rings is 2. The minimum Gasteiger partial charge on any atom is -0.493 e. The Hall–Kier alpha value is -2.53.